The van der Waals surface area contributed by atoms with Crippen LogP contribution in [0, 0.1) is 29.1 Å². The molecule has 0 aromatic carbocycles. The Balaban J connectivity index is 1.63. The number of nitrogens with one attached hydrogen (secondary N) is 1. The zero-order valence-electron chi connectivity index (χ0n) is 14.1. The minimum Gasteiger partial charge on any atom is -0.467 e. The van der Waals surface area contributed by atoms with Crippen LogP contribution in [0.3, 0.4) is 0 Å². The van der Waals surface area contributed by atoms with E-state index in [4.69, 9.17) is 4.74 Å². The van der Waals surface area contributed by atoms with Crippen LogP contribution in [0.4, 0.5) is 0 Å². The maximum absolute atomic E-state index is 12.5. The van der Waals surface area contributed by atoms with Crippen molar-refractivity contribution in [3.8, 4) is 0 Å². The maximum Gasteiger partial charge on any atom is 0.328 e. The third kappa shape index (κ3) is 3.02. The number of methoxy groups -OCH3 is 1. The van der Waals surface area contributed by atoms with Crippen LogP contribution in [0.1, 0.15) is 58.8 Å². The average molecular weight is 307 g/mol. The van der Waals surface area contributed by atoms with E-state index in [1.165, 1.54) is 45.6 Å². The number of hydrogen-bond acceptors (Lipinski definition) is 3. The zero-order chi connectivity index (χ0) is 15.9. The highest BCUT2D eigenvalue weighted by Gasteiger charge is 2.51. The van der Waals surface area contributed by atoms with Crippen LogP contribution in [0.15, 0.2) is 0 Å². The van der Waals surface area contributed by atoms with E-state index >= 15 is 0 Å². The molecule has 4 aliphatic carbocycles. The molecule has 0 heterocycles. The van der Waals surface area contributed by atoms with Crippen LogP contribution < -0.4 is 5.32 Å². The fraction of sp³-hybridized carbons (Fsp3) is 0.889. The van der Waals surface area contributed by atoms with Crippen molar-refractivity contribution in [3.05, 3.63) is 0 Å². The molecule has 22 heavy (non-hydrogen) atoms. The van der Waals surface area contributed by atoms with E-state index in [0.29, 0.717) is 6.42 Å². The number of amides is 1. The van der Waals surface area contributed by atoms with Crippen molar-refractivity contribution >= 4 is 11.9 Å². The van der Waals surface area contributed by atoms with Crippen LogP contribution in [-0.4, -0.2) is 25.0 Å². The van der Waals surface area contributed by atoms with E-state index in [1.807, 2.05) is 13.8 Å². The molecule has 1 atom stereocenters. The second kappa shape index (κ2) is 5.86. The molecule has 1 amide bonds. The summed E-state index contributed by atoms with van der Waals surface area (Å²) < 4.78 is 4.81. The lowest BCUT2D eigenvalue weighted by Gasteiger charge is -2.56. The largest absolute Gasteiger partial charge is 0.467 e. The molecular formula is C18H29NO3. The molecular weight excluding hydrogens is 278 g/mol. The molecule has 0 unspecified atom stereocenters. The Morgan fingerprint density at radius 1 is 1.09 bits per heavy atom. The van der Waals surface area contributed by atoms with Crippen molar-refractivity contribution in [2.24, 2.45) is 29.1 Å². The van der Waals surface area contributed by atoms with Gasteiger partial charge in [-0.3, -0.25) is 4.79 Å². The van der Waals surface area contributed by atoms with E-state index in [-0.39, 0.29) is 23.2 Å². The van der Waals surface area contributed by atoms with Gasteiger partial charge in [-0.2, -0.15) is 0 Å². The molecule has 4 aliphatic rings. The van der Waals surface area contributed by atoms with Gasteiger partial charge in [-0.15, -0.1) is 0 Å². The molecule has 0 spiro atoms. The molecule has 0 aromatic heterocycles. The summed E-state index contributed by atoms with van der Waals surface area (Å²) in [5, 5.41) is 2.93. The average Bonchev–Trinajstić information content (AvgIpc) is 2.41. The van der Waals surface area contributed by atoms with Crippen LogP contribution in [0.25, 0.3) is 0 Å². The standard InChI is InChI=1S/C18H29NO3/c1-11(2)16(17(21)22-3)19-15(20)10-18-7-12-4-13(8-18)6-14(5-12)9-18/h11-14,16H,4-10H2,1-3H3,(H,19,20)/t12?,13?,14?,16-,18?/m0/s1. The quantitative estimate of drug-likeness (QED) is 0.795. The second-order valence-corrected chi connectivity index (χ2v) is 8.41. The van der Waals surface area contributed by atoms with Crippen molar-refractivity contribution in [2.45, 2.75) is 64.8 Å². The van der Waals surface area contributed by atoms with E-state index in [1.54, 1.807) is 0 Å². The highest BCUT2D eigenvalue weighted by atomic mass is 16.5. The first kappa shape index (κ1) is 15.8. The lowest BCUT2D eigenvalue weighted by Crippen LogP contribution is -2.50. The topological polar surface area (TPSA) is 55.4 Å². The third-order valence-corrected chi connectivity index (χ3v) is 6.14. The van der Waals surface area contributed by atoms with Crippen molar-refractivity contribution in [1.29, 1.82) is 0 Å². The lowest BCUT2D eigenvalue weighted by atomic mass is 9.49. The molecule has 0 saturated heterocycles. The van der Waals surface area contributed by atoms with Crippen molar-refractivity contribution in [3.63, 3.8) is 0 Å². The van der Waals surface area contributed by atoms with E-state index in [9.17, 15) is 9.59 Å². The highest BCUT2D eigenvalue weighted by Crippen LogP contribution is 2.61. The minimum absolute atomic E-state index is 0.0334. The monoisotopic (exact) mass is 307 g/mol. The van der Waals surface area contributed by atoms with Gasteiger partial charge in [-0.25, -0.2) is 4.79 Å². The van der Waals surface area contributed by atoms with Gasteiger partial charge in [0.1, 0.15) is 6.04 Å². The Bertz CT molecular complexity index is 422. The van der Waals surface area contributed by atoms with E-state index in [0.717, 1.165) is 17.8 Å². The number of rotatable bonds is 5. The van der Waals surface area contributed by atoms with Gasteiger partial charge in [0.05, 0.1) is 7.11 Å². The van der Waals surface area contributed by atoms with Crippen LogP contribution >= 0.6 is 0 Å². The number of carbonyl (C=O) groups excluding carboxylic acids is 2. The third-order valence-electron chi connectivity index (χ3n) is 6.14. The Labute approximate surface area is 133 Å². The molecule has 4 nitrogen and oxygen atoms in total. The molecule has 4 bridgehead atoms. The fourth-order valence-electron chi connectivity index (χ4n) is 5.70. The van der Waals surface area contributed by atoms with Gasteiger partial charge in [0.2, 0.25) is 5.91 Å². The van der Waals surface area contributed by atoms with Gasteiger partial charge in [0.15, 0.2) is 0 Å². The smallest absolute Gasteiger partial charge is 0.328 e. The van der Waals surface area contributed by atoms with Crippen LogP contribution in [-0.2, 0) is 14.3 Å². The van der Waals surface area contributed by atoms with Crippen molar-refractivity contribution < 1.29 is 14.3 Å². The van der Waals surface area contributed by atoms with Crippen LogP contribution in [0.5, 0.6) is 0 Å². The van der Waals surface area contributed by atoms with E-state index < -0.39 is 6.04 Å². The van der Waals surface area contributed by atoms with Gasteiger partial charge in [-0.1, -0.05) is 13.8 Å². The Morgan fingerprint density at radius 3 is 2.00 bits per heavy atom. The normalized spacial score (nSPS) is 37.2. The molecule has 4 heteroatoms. The van der Waals surface area contributed by atoms with Crippen LogP contribution in [0.2, 0.25) is 0 Å². The summed E-state index contributed by atoms with van der Waals surface area (Å²) in [6, 6.07) is -0.522. The van der Waals surface area contributed by atoms with Gasteiger partial charge in [0.25, 0.3) is 0 Å². The molecule has 1 N–H and O–H groups in total. The first-order valence-corrected chi connectivity index (χ1v) is 8.78. The molecule has 0 radical (unpaired) electrons. The maximum atomic E-state index is 12.5. The summed E-state index contributed by atoms with van der Waals surface area (Å²) in [7, 11) is 1.38. The number of ether oxygens (including phenoxy) is 1. The first-order valence-electron chi connectivity index (χ1n) is 8.78. The van der Waals surface area contributed by atoms with Gasteiger partial charge in [0, 0.05) is 6.42 Å². The number of carbonyl (C=O) groups is 2. The highest BCUT2D eigenvalue weighted by molar-refractivity contribution is 5.85. The number of hydrogen-bond donors (Lipinski definition) is 1. The summed E-state index contributed by atoms with van der Waals surface area (Å²) in [6.07, 6.45) is 8.41. The summed E-state index contributed by atoms with van der Waals surface area (Å²) in [4.78, 5) is 24.4. The molecule has 0 aliphatic heterocycles. The minimum atomic E-state index is -0.522. The molecule has 4 fully saturated rings. The van der Waals surface area contributed by atoms with Crippen molar-refractivity contribution in [1.82, 2.24) is 5.32 Å². The Hall–Kier alpha value is -1.06. The fourth-order valence-corrected chi connectivity index (χ4v) is 5.70. The predicted molar refractivity (Wildman–Crippen MR) is 84.0 cm³/mol. The predicted octanol–water partition coefficient (Wildman–Crippen LogP) is 2.91. The second-order valence-electron chi connectivity index (χ2n) is 8.41. The summed E-state index contributed by atoms with van der Waals surface area (Å²) in [5.74, 6) is 2.29. The molecule has 4 rings (SSSR count). The summed E-state index contributed by atoms with van der Waals surface area (Å²) in [5.41, 5.74) is 0.219. The Kier molecular flexibility index (Phi) is 4.21. The Morgan fingerprint density at radius 2 is 1.59 bits per heavy atom. The van der Waals surface area contributed by atoms with Crippen molar-refractivity contribution in [2.75, 3.05) is 7.11 Å². The van der Waals surface area contributed by atoms with Gasteiger partial charge in [-0.05, 0) is 67.6 Å². The van der Waals surface area contributed by atoms with Gasteiger partial charge < -0.3 is 10.1 Å². The van der Waals surface area contributed by atoms with Gasteiger partial charge >= 0.3 is 5.97 Å². The summed E-state index contributed by atoms with van der Waals surface area (Å²) in [6.45, 7) is 3.87. The SMILES string of the molecule is COC(=O)[C@@H](NC(=O)CC12CC3CC(CC(C3)C1)C2)C(C)C. The number of esters is 1. The van der Waals surface area contributed by atoms with E-state index in [2.05, 4.69) is 5.32 Å². The zero-order valence-corrected chi connectivity index (χ0v) is 14.1. The lowest BCUT2D eigenvalue weighted by molar-refractivity contribution is -0.147. The molecule has 124 valence electrons. The first-order chi connectivity index (χ1) is 10.4. The summed E-state index contributed by atoms with van der Waals surface area (Å²) >= 11 is 0. The molecule has 0 aromatic rings. The molecule has 4 saturated carbocycles.